The Morgan fingerprint density at radius 3 is 2.45 bits per heavy atom. The van der Waals surface area contributed by atoms with Gasteiger partial charge in [-0.05, 0) is 57.0 Å². The van der Waals surface area contributed by atoms with E-state index in [0.29, 0.717) is 17.0 Å². The molecule has 162 valence electrons. The summed E-state index contributed by atoms with van der Waals surface area (Å²) in [5.41, 5.74) is 1.39. The molecule has 2 heterocycles. The number of nitrogens with zero attached hydrogens (tertiary/aromatic N) is 2. The van der Waals surface area contributed by atoms with Crippen LogP contribution in [0.4, 0.5) is 9.18 Å². The van der Waals surface area contributed by atoms with Gasteiger partial charge in [0.1, 0.15) is 22.9 Å². The van der Waals surface area contributed by atoms with Crippen LogP contribution in [0, 0.1) is 5.82 Å². The first kappa shape index (κ1) is 22.1. The van der Waals surface area contributed by atoms with Gasteiger partial charge in [0.2, 0.25) is 0 Å². The van der Waals surface area contributed by atoms with Crippen LogP contribution in [0.3, 0.4) is 0 Å². The normalized spacial score (nSPS) is 12.3. The molecule has 0 spiro atoms. The van der Waals surface area contributed by atoms with Crippen molar-refractivity contribution >= 4 is 11.9 Å². The minimum atomic E-state index is -0.880. The third-order valence-electron chi connectivity index (χ3n) is 4.32. The van der Waals surface area contributed by atoms with Gasteiger partial charge in [0.15, 0.2) is 5.78 Å². The van der Waals surface area contributed by atoms with E-state index < -0.39 is 17.7 Å². The van der Waals surface area contributed by atoms with Crippen molar-refractivity contribution in [3.8, 4) is 11.3 Å². The third-order valence-corrected chi connectivity index (χ3v) is 4.32. The number of benzene rings is 1. The lowest BCUT2D eigenvalue weighted by Gasteiger charge is -2.23. The van der Waals surface area contributed by atoms with Crippen molar-refractivity contribution in [2.75, 3.05) is 0 Å². The topological polar surface area (TPSA) is 94.3 Å². The van der Waals surface area contributed by atoms with Crippen LogP contribution in [0.2, 0.25) is 0 Å². The SMILES string of the molecule is CC(C)(C)OC(=O)N[C@@H](Cc1ccc(F)cc1)C(=O)Cc1cc(-c2ccncc2)no1. The lowest BCUT2D eigenvalue weighted by molar-refractivity contribution is -0.120. The minimum Gasteiger partial charge on any atom is -0.444 e. The average Bonchev–Trinajstić information content (AvgIpc) is 3.17. The lowest BCUT2D eigenvalue weighted by atomic mass is 9.99. The molecule has 8 heteroatoms. The zero-order chi connectivity index (χ0) is 22.4. The zero-order valence-corrected chi connectivity index (χ0v) is 17.6. The summed E-state index contributed by atoms with van der Waals surface area (Å²) in [7, 11) is 0. The van der Waals surface area contributed by atoms with Gasteiger partial charge in [-0.25, -0.2) is 9.18 Å². The lowest BCUT2D eigenvalue weighted by Crippen LogP contribution is -2.45. The van der Waals surface area contributed by atoms with Crippen molar-refractivity contribution in [1.29, 1.82) is 0 Å². The molecule has 0 bridgehead atoms. The zero-order valence-electron chi connectivity index (χ0n) is 17.6. The van der Waals surface area contributed by atoms with Crippen molar-refractivity contribution in [3.05, 3.63) is 72.0 Å². The number of Topliss-reactive ketones (excluding diaryl/α,β-unsaturated/α-hetero) is 1. The van der Waals surface area contributed by atoms with Gasteiger partial charge in [-0.3, -0.25) is 9.78 Å². The van der Waals surface area contributed by atoms with Gasteiger partial charge in [0.05, 0.1) is 12.5 Å². The Hall–Kier alpha value is -3.55. The maximum atomic E-state index is 13.2. The van der Waals surface area contributed by atoms with E-state index >= 15 is 0 Å². The highest BCUT2D eigenvalue weighted by Gasteiger charge is 2.26. The van der Waals surface area contributed by atoms with Crippen molar-refractivity contribution in [2.45, 2.75) is 45.3 Å². The number of ketones is 1. The average molecular weight is 425 g/mol. The first-order valence-corrected chi connectivity index (χ1v) is 9.82. The number of alkyl carbamates (subject to hydrolysis) is 1. The molecule has 0 fully saturated rings. The molecule has 1 N–H and O–H groups in total. The number of nitrogens with one attached hydrogen (secondary N) is 1. The summed E-state index contributed by atoms with van der Waals surface area (Å²) in [5.74, 6) is -0.295. The van der Waals surface area contributed by atoms with Gasteiger partial charge in [-0.15, -0.1) is 0 Å². The second-order valence-electron chi connectivity index (χ2n) is 8.09. The fourth-order valence-electron chi connectivity index (χ4n) is 2.90. The molecular weight excluding hydrogens is 401 g/mol. The number of carbonyl (C=O) groups excluding carboxylic acids is 2. The van der Waals surface area contributed by atoms with Crippen LogP contribution >= 0.6 is 0 Å². The summed E-state index contributed by atoms with van der Waals surface area (Å²) in [4.78, 5) is 29.2. The first-order chi connectivity index (χ1) is 14.7. The molecular formula is C23H24FN3O4. The Morgan fingerprint density at radius 2 is 1.81 bits per heavy atom. The number of rotatable bonds is 7. The van der Waals surface area contributed by atoms with E-state index in [0.717, 1.165) is 5.56 Å². The molecule has 0 aliphatic rings. The van der Waals surface area contributed by atoms with E-state index in [-0.39, 0.29) is 24.4 Å². The molecule has 0 saturated heterocycles. The molecule has 0 saturated carbocycles. The molecule has 7 nitrogen and oxygen atoms in total. The number of ether oxygens (including phenoxy) is 1. The number of carbonyl (C=O) groups is 2. The maximum Gasteiger partial charge on any atom is 0.408 e. The van der Waals surface area contributed by atoms with E-state index in [1.165, 1.54) is 12.1 Å². The Bertz CT molecular complexity index is 1030. The molecule has 0 unspecified atom stereocenters. The van der Waals surface area contributed by atoms with E-state index in [2.05, 4.69) is 15.5 Å². The molecule has 3 rings (SSSR count). The van der Waals surface area contributed by atoms with Gasteiger partial charge in [-0.1, -0.05) is 17.3 Å². The van der Waals surface area contributed by atoms with Crippen molar-refractivity contribution in [2.24, 2.45) is 0 Å². The van der Waals surface area contributed by atoms with Crippen LogP contribution in [-0.2, 0) is 22.4 Å². The summed E-state index contributed by atoms with van der Waals surface area (Å²) in [5, 5.41) is 6.61. The quantitative estimate of drug-likeness (QED) is 0.612. The summed E-state index contributed by atoms with van der Waals surface area (Å²) >= 11 is 0. The van der Waals surface area contributed by atoms with Gasteiger partial charge in [0.25, 0.3) is 0 Å². The maximum absolute atomic E-state index is 13.2. The van der Waals surface area contributed by atoms with Gasteiger partial charge in [0, 0.05) is 24.0 Å². The Morgan fingerprint density at radius 1 is 1.13 bits per heavy atom. The van der Waals surface area contributed by atoms with E-state index in [1.807, 2.05) is 0 Å². The molecule has 0 aliphatic heterocycles. The highest BCUT2D eigenvalue weighted by atomic mass is 19.1. The second-order valence-corrected chi connectivity index (χ2v) is 8.09. The number of halogens is 1. The van der Waals surface area contributed by atoms with Crippen LogP contribution in [-0.4, -0.2) is 33.7 Å². The van der Waals surface area contributed by atoms with Crippen LogP contribution in [0.15, 0.2) is 59.4 Å². The molecule has 1 amide bonds. The number of aromatic nitrogens is 2. The molecule has 31 heavy (non-hydrogen) atoms. The molecule has 0 radical (unpaired) electrons. The Labute approximate surface area is 179 Å². The summed E-state index contributed by atoms with van der Waals surface area (Å²) < 4.78 is 23.8. The predicted octanol–water partition coefficient (Wildman–Crippen LogP) is 4.12. The number of hydrogen-bond acceptors (Lipinski definition) is 6. The fourth-order valence-corrected chi connectivity index (χ4v) is 2.90. The molecule has 0 aliphatic carbocycles. The molecule has 1 aromatic carbocycles. The van der Waals surface area contributed by atoms with Crippen LogP contribution < -0.4 is 5.32 Å². The van der Waals surface area contributed by atoms with Crippen LogP contribution in [0.5, 0.6) is 0 Å². The minimum absolute atomic E-state index is 0.0697. The highest BCUT2D eigenvalue weighted by Crippen LogP contribution is 2.19. The molecule has 1 atom stereocenters. The third kappa shape index (κ3) is 6.74. The van der Waals surface area contributed by atoms with E-state index in [4.69, 9.17) is 9.26 Å². The van der Waals surface area contributed by atoms with Gasteiger partial charge >= 0.3 is 6.09 Å². The van der Waals surface area contributed by atoms with Gasteiger partial charge in [-0.2, -0.15) is 0 Å². The second kappa shape index (κ2) is 9.51. The van der Waals surface area contributed by atoms with Crippen molar-refractivity contribution < 1.29 is 23.2 Å². The fraction of sp³-hybridized carbons (Fsp3) is 0.304. The van der Waals surface area contributed by atoms with E-state index in [9.17, 15) is 14.0 Å². The number of amides is 1. The standard InChI is InChI=1S/C23H24FN3O4/c1-23(2,3)30-22(29)26-20(12-15-4-6-17(24)7-5-15)21(28)14-18-13-19(27-31-18)16-8-10-25-11-9-16/h4-11,13,20H,12,14H2,1-3H3,(H,26,29)/t20-/m0/s1. The molecule has 2 aromatic heterocycles. The summed E-state index contributed by atoms with van der Waals surface area (Å²) in [6, 6.07) is 10.1. The largest absolute Gasteiger partial charge is 0.444 e. The monoisotopic (exact) mass is 425 g/mol. The summed E-state index contributed by atoms with van der Waals surface area (Å²) in [6.07, 6.45) is 2.68. The van der Waals surface area contributed by atoms with Gasteiger partial charge < -0.3 is 14.6 Å². The Balaban J connectivity index is 1.74. The first-order valence-electron chi connectivity index (χ1n) is 9.82. The molecule has 3 aromatic rings. The summed E-state index contributed by atoms with van der Waals surface area (Å²) in [6.45, 7) is 5.20. The smallest absolute Gasteiger partial charge is 0.408 e. The highest BCUT2D eigenvalue weighted by molar-refractivity contribution is 5.89. The van der Waals surface area contributed by atoms with Crippen LogP contribution in [0.1, 0.15) is 32.1 Å². The van der Waals surface area contributed by atoms with Crippen LogP contribution in [0.25, 0.3) is 11.3 Å². The number of hydrogen-bond donors (Lipinski definition) is 1. The Kier molecular flexibility index (Phi) is 6.79. The number of pyridine rings is 1. The van der Waals surface area contributed by atoms with Crippen molar-refractivity contribution in [1.82, 2.24) is 15.5 Å². The predicted molar refractivity (Wildman–Crippen MR) is 112 cm³/mol. The van der Waals surface area contributed by atoms with E-state index in [1.54, 1.807) is 63.5 Å². The van der Waals surface area contributed by atoms with Crippen molar-refractivity contribution in [3.63, 3.8) is 0 Å².